The molecule has 120 valence electrons. The summed E-state index contributed by atoms with van der Waals surface area (Å²) in [5, 5.41) is 11.7. The fraction of sp³-hybridized carbons (Fsp3) is 0.211. The van der Waals surface area contributed by atoms with E-state index >= 15 is 0 Å². The highest BCUT2D eigenvalue weighted by atomic mass is 16.5. The monoisotopic (exact) mass is 311 g/mol. The highest BCUT2D eigenvalue weighted by Crippen LogP contribution is 2.19. The van der Waals surface area contributed by atoms with E-state index in [2.05, 4.69) is 5.32 Å². The van der Waals surface area contributed by atoms with E-state index in [0.717, 1.165) is 22.6 Å². The summed E-state index contributed by atoms with van der Waals surface area (Å²) < 4.78 is 5.52. The molecule has 23 heavy (non-hydrogen) atoms. The number of ether oxygens (including phenoxy) is 1. The van der Waals surface area contributed by atoms with Crippen molar-refractivity contribution in [1.82, 2.24) is 0 Å². The maximum atomic E-state index is 12.0. The first-order chi connectivity index (χ1) is 11.2. The maximum absolute atomic E-state index is 12.0. The van der Waals surface area contributed by atoms with Crippen LogP contribution in [-0.2, 0) is 11.2 Å². The normalized spacial score (nSPS) is 10.7. The van der Waals surface area contributed by atoms with Crippen molar-refractivity contribution in [3.05, 3.63) is 65.7 Å². The zero-order chi connectivity index (χ0) is 16.5. The molecule has 0 saturated carbocycles. The van der Waals surface area contributed by atoms with Crippen molar-refractivity contribution in [2.75, 3.05) is 18.5 Å². The van der Waals surface area contributed by atoms with Crippen molar-refractivity contribution in [2.24, 2.45) is 0 Å². The fourth-order valence-corrected chi connectivity index (χ4v) is 2.14. The third-order valence-electron chi connectivity index (χ3n) is 3.26. The summed E-state index contributed by atoms with van der Waals surface area (Å²) in [4.78, 5) is 12.0. The van der Waals surface area contributed by atoms with E-state index in [4.69, 9.17) is 9.84 Å². The number of rotatable bonds is 7. The van der Waals surface area contributed by atoms with E-state index in [-0.39, 0.29) is 12.5 Å². The van der Waals surface area contributed by atoms with Crippen LogP contribution in [0, 0.1) is 0 Å². The van der Waals surface area contributed by atoms with E-state index in [9.17, 15) is 4.79 Å². The molecule has 0 aliphatic heterocycles. The average Bonchev–Trinajstić information content (AvgIpc) is 2.56. The second kappa shape index (κ2) is 8.76. The van der Waals surface area contributed by atoms with Gasteiger partial charge in [-0.2, -0.15) is 0 Å². The summed E-state index contributed by atoms with van der Waals surface area (Å²) >= 11 is 0. The Morgan fingerprint density at radius 1 is 1.17 bits per heavy atom. The predicted octanol–water partition coefficient (Wildman–Crippen LogP) is 3.27. The van der Waals surface area contributed by atoms with Crippen LogP contribution in [0.5, 0.6) is 5.75 Å². The maximum Gasteiger partial charge on any atom is 0.248 e. The number of aliphatic hydroxyl groups excluding tert-OH is 1. The molecule has 2 aromatic rings. The minimum absolute atomic E-state index is 0.119. The lowest BCUT2D eigenvalue weighted by Gasteiger charge is -2.06. The minimum Gasteiger partial charge on any atom is -0.493 e. The number of aliphatic hydroxyl groups is 1. The van der Waals surface area contributed by atoms with Crippen LogP contribution in [0.4, 0.5) is 5.69 Å². The Labute approximate surface area is 136 Å². The molecular formula is C19H21NO3. The lowest BCUT2D eigenvalue weighted by molar-refractivity contribution is -0.111. The van der Waals surface area contributed by atoms with Crippen molar-refractivity contribution in [3.63, 3.8) is 0 Å². The number of hydrogen-bond donors (Lipinski definition) is 2. The van der Waals surface area contributed by atoms with Gasteiger partial charge in [-0.1, -0.05) is 30.3 Å². The molecule has 2 aromatic carbocycles. The number of benzene rings is 2. The average molecular weight is 311 g/mol. The van der Waals surface area contributed by atoms with Gasteiger partial charge >= 0.3 is 0 Å². The number of hydrogen-bond acceptors (Lipinski definition) is 3. The third kappa shape index (κ3) is 5.27. The summed E-state index contributed by atoms with van der Waals surface area (Å²) in [6, 6.07) is 15.0. The van der Waals surface area contributed by atoms with Gasteiger partial charge in [-0.15, -0.1) is 0 Å². The summed E-state index contributed by atoms with van der Waals surface area (Å²) in [6.07, 6.45) is 3.84. The molecule has 2 rings (SSSR count). The Morgan fingerprint density at radius 3 is 2.61 bits per heavy atom. The Hall–Kier alpha value is -2.59. The highest BCUT2D eigenvalue weighted by Gasteiger charge is 2.01. The summed E-state index contributed by atoms with van der Waals surface area (Å²) in [6.45, 7) is 2.62. The van der Waals surface area contributed by atoms with E-state index < -0.39 is 0 Å². The molecule has 0 aliphatic rings. The molecule has 4 heteroatoms. The van der Waals surface area contributed by atoms with Gasteiger partial charge in [-0.3, -0.25) is 4.79 Å². The molecule has 0 heterocycles. The Bertz CT molecular complexity index is 663. The summed E-state index contributed by atoms with van der Waals surface area (Å²) in [7, 11) is 0. The molecule has 0 aliphatic carbocycles. The van der Waals surface area contributed by atoms with Crippen molar-refractivity contribution in [1.29, 1.82) is 0 Å². The molecular weight excluding hydrogens is 290 g/mol. The second-order valence-electron chi connectivity index (χ2n) is 4.96. The van der Waals surface area contributed by atoms with E-state index in [0.29, 0.717) is 13.0 Å². The lowest BCUT2D eigenvalue weighted by atomic mass is 10.1. The van der Waals surface area contributed by atoms with Gasteiger partial charge in [0.25, 0.3) is 0 Å². The number of nitrogens with one attached hydrogen (secondary N) is 1. The van der Waals surface area contributed by atoms with Crippen LogP contribution in [0.15, 0.2) is 54.6 Å². The third-order valence-corrected chi connectivity index (χ3v) is 3.26. The van der Waals surface area contributed by atoms with Gasteiger partial charge in [-0.25, -0.2) is 0 Å². The molecule has 0 radical (unpaired) electrons. The van der Waals surface area contributed by atoms with Gasteiger partial charge in [-0.05, 0) is 43.2 Å². The van der Waals surface area contributed by atoms with Crippen LogP contribution in [-0.4, -0.2) is 24.2 Å². The van der Waals surface area contributed by atoms with Crippen molar-refractivity contribution in [3.8, 4) is 5.75 Å². The smallest absolute Gasteiger partial charge is 0.248 e. The highest BCUT2D eigenvalue weighted by molar-refractivity contribution is 6.02. The zero-order valence-electron chi connectivity index (χ0n) is 13.2. The predicted molar refractivity (Wildman–Crippen MR) is 92.5 cm³/mol. The Kier molecular flexibility index (Phi) is 6.39. The largest absolute Gasteiger partial charge is 0.493 e. The fourth-order valence-electron chi connectivity index (χ4n) is 2.14. The molecule has 0 spiro atoms. The first-order valence-corrected chi connectivity index (χ1v) is 7.63. The Balaban J connectivity index is 1.99. The molecule has 0 aromatic heterocycles. The lowest BCUT2D eigenvalue weighted by Crippen LogP contribution is -2.07. The van der Waals surface area contributed by atoms with Crippen molar-refractivity contribution < 1.29 is 14.6 Å². The number of para-hydroxylation sites is 1. The summed E-state index contributed by atoms with van der Waals surface area (Å²) in [5.41, 5.74) is 2.62. The SMILES string of the molecule is CCOc1ccccc1C=CC(=O)Nc1ccc(CCO)cc1. The van der Waals surface area contributed by atoms with Crippen LogP contribution in [0.1, 0.15) is 18.1 Å². The second-order valence-corrected chi connectivity index (χ2v) is 4.96. The number of anilines is 1. The molecule has 4 nitrogen and oxygen atoms in total. The van der Waals surface area contributed by atoms with Crippen LogP contribution in [0.25, 0.3) is 6.08 Å². The molecule has 1 amide bonds. The van der Waals surface area contributed by atoms with Crippen LogP contribution < -0.4 is 10.1 Å². The molecule has 0 unspecified atom stereocenters. The van der Waals surface area contributed by atoms with E-state index in [1.807, 2.05) is 55.5 Å². The van der Waals surface area contributed by atoms with Crippen LogP contribution >= 0.6 is 0 Å². The van der Waals surface area contributed by atoms with Gasteiger partial charge in [0.15, 0.2) is 0 Å². The minimum atomic E-state index is -0.203. The molecule has 0 fully saturated rings. The van der Waals surface area contributed by atoms with Gasteiger partial charge in [0, 0.05) is 23.9 Å². The standard InChI is InChI=1S/C19H21NO3/c1-2-23-18-6-4-3-5-16(18)9-12-19(22)20-17-10-7-15(8-11-17)13-14-21/h3-12,21H,2,13-14H2,1H3,(H,20,22). The van der Waals surface area contributed by atoms with Crippen LogP contribution in [0.3, 0.4) is 0 Å². The topological polar surface area (TPSA) is 58.6 Å². The quantitative estimate of drug-likeness (QED) is 0.772. The first kappa shape index (κ1) is 16.8. The van der Waals surface area contributed by atoms with E-state index in [1.54, 1.807) is 6.08 Å². The molecule has 0 bridgehead atoms. The number of carbonyl (C=O) groups excluding carboxylic acids is 1. The van der Waals surface area contributed by atoms with Crippen molar-refractivity contribution >= 4 is 17.7 Å². The zero-order valence-corrected chi connectivity index (χ0v) is 13.2. The van der Waals surface area contributed by atoms with Gasteiger partial charge in [0.05, 0.1) is 6.61 Å². The summed E-state index contributed by atoms with van der Waals surface area (Å²) in [5.74, 6) is 0.554. The molecule has 2 N–H and O–H groups in total. The van der Waals surface area contributed by atoms with E-state index in [1.165, 1.54) is 6.08 Å². The van der Waals surface area contributed by atoms with Gasteiger partial charge < -0.3 is 15.2 Å². The van der Waals surface area contributed by atoms with Crippen LogP contribution in [0.2, 0.25) is 0 Å². The first-order valence-electron chi connectivity index (χ1n) is 7.63. The number of carbonyl (C=O) groups is 1. The molecule has 0 saturated heterocycles. The number of amides is 1. The Morgan fingerprint density at radius 2 is 1.91 bits per heavy atom. The van der Waals surface area contributed by atoms with Gasteiger partial charge in [0.1, 0.15) is 5.75 Å². The molecule has 0 atom stereocenters. The van der Waals surface area contributed by atoms with Gasteiger partial charge in [0.2, 0.25) is 5.91 Å². The van der Waals surface area contributed by atoms with Crippen molar-refractivity contribution in [2.45, 2.75) is 13.3 Å².